The molecule has 0 spiro atoms. The molecule has 0 aliphatic rings. The van der Waals surface area contributed by atoms with Crippen LogP contribution in [0.4, 0.5) is 10.1 Å². The van der Waals surface area contributed by atoms with E-state index in [1.165, 1.54) is 18.2 Å². The number of rotatable bonds is 6. The van der Waals surface area contributed by atoms with Crippen LogP contribution >= 0.6 is 0 Å². The first-order chi connectivity index (χ1) is 14.9. The van der Waals surface area contributed by atoms with Gasteiger partial charge >= 0.3 is 0 Å². The van der Waals surface area contributed by atoms with Crippen molar-refractivity contribution in [2.24, 2.45) is 0 Å². The van der Waals surface area contributed by atoms with Crippen LogP contribution in [0.1, 0.15) is 27.8 Å². The van der Waals surface area contributed by atoms with Gasteiger partial charge in [-0.1, -0.05) is 30.3 Å². The molecule has 0 saturated heterocycles. The van der Waals surface area contributed by atoms with Crippen LogP contribution in [-0.2, 0) is 11.2 Å². The molecule has 1 amide bonds. The zero-order valence-corrected chi connectivity index (χ0v) is 17.7. The van der Waals surface area contributed by atoms with Crippen LogP contribution in [0, 0.1) is 31.0 Å². The highest BCUT2D eigenvalue weighted by Gasteiger charge is 2.12. The van der Waals surface area contributed by atoms with E-state index in [1.807, 2.05) is 44.2 Å². The third-order valence-corrected chi connectivity index (χ3v) is 5.04. The molecule has 0 fully saturated rings. The number of halogens is 1. The minimum absolute atomic E-state index is 0.0156. The van der Waals surface area contributed by atoms with Crippen molar-refractivity contribution >= 4 is 17.7 Å². The number of hydrogen-bond donors (Lipinski definition) is 1. The van der Waals surface area contributed by atoms with Gasteiger partial charge in [0.15, 0.2) is 0 Å². The lowest BCUT2D eigenvalue weighted by Crippen LogP contribution is -2.13. The van der Waals surface area contributed by atoms with Gasteiger partial charge in [-0.15, -0.1) is 0 Å². The number of hydrogen-bond acceptors (Lipinski definition) is 3. The Kier molecular flexibility index (Phi) is 6.84. The number of aryl methyl sites for hydroxylation is 2. The Bertz CT molecular complexity index is 1190. The smallest absolute Gasteiger partial charge is 0.266 e. The van der Waals surface area contributed by atoms with Crippen LogP contribution < -0.4 is 10.1 Å². The molecule has 0 radical (unpaired) electrons. The quantitative estimate of drug-likeness (QED) is 0.423. The van der Waals surface area contributed by atoms with Crippen molar-refractivity contribution in [3.05, 3.63) is 99.9 Å². The van der Waals surface area contributed by atoms with E-state index in [0.717, 1.165) is 22.3 Å². The molecule has 0 aliphatic carbocycles. The highest BCUT2D eigenvalue weighted by molar-refractivity contribution is 6.09. The second-order valence-electron chi connectivity index (χ2n) is 7.30. The zero-order valence-electron chi connectivity index (χ0n) is 17.7. The van der Waals surface area contributed by atoms with E-state index in [1.54, 1.807) is 31.4 Å². The van der Waals surface area contributed by atoms with Gasteiger partial charge in [0.05, 0.1) is 7.11 Å². The summed E-state index contributed by atoms with van der Waals surface area (Å²) < 4.78 is 18.9. The van der Waals surface area contributed by atoms with Crippen LogP contribution in [0.3, 0.4) is 0 Å². The van der Waals surface area contributed by atoms with Crippen LogP contribution in [0.2, 0.25) is 0 Å². The van der Waals surface area contributed by atoms with Gasteiger partial charge in [-0.25, -0.2) is 4.39 Å². The Morgan fingerprint density at radius 3 is 2.58 bits per heavy atom. The average molecular weight is 414 g/mol. The van der Waals surface area contributed by atoms with E-state index in [9.17, 15) is 14.4 Å². The van der Waals surface area contributed by atoms with Gasteiger partial charge in [0, 0.05) is 12.1 Å². The summed E-state index contributed by atoms with van der Waals surface area (Å²) in [6, 6.07) is 19.4. The van der Waals surface area contributed by atoms with Gasteiger partial charge < -0.3 is 10.1 Å². The second kappa shape index (κ2) is 9.73. The monoisotopic (exact) mass is 414 g/mol. The Balaban J connectivity index is 1.82. The van der Waals surface area contributed by atoms with Gasteiger partial charge in [-0.3, -0.25) is 4.79 Å². The standard InChI is InChI=1S/C26H23FN2O2/c1-17-7-10-24(11-18(17)2)29-26(30)22(16-28)13-20-8-9-21(25(15-20)31-3)12-19-5-4-6-23(27)14-19/h4-11,13-15H,12H2,1-3H3,(H,29,30)/b22-13+. The van der Waals surface area contributed by atoms with Crippen molar-refractivity contribution in [2.75, 3.05) is 12.4 Å². The van der Waals surface area contributed by atoms with Crippen molar-refractivity contribution in [1.29, 1.82) is 5.26 Å². The molecule has 0 aromatic heterocycles. The molecule has 0 unspecified atom stereocenters. The van der Waals surface area contributed by atoms with Crippen LogP contribution in [0.5, 0.6) is 5.75 Å². The molecule has 4 nitrogen and oxygen atoms in total. The number of amides is 1. The van der Waals surface area contributed by atoms with E-state index in [-0.39, 0.29) is 11.4 Å². The van der Waals surface area contributed by atoms with Gasteiger partial charge in [0.2, 0.25) is 0 Å². The maximum absolute atomic E-state index is 13.5. The fraction of sp³-hybridized carbons (Fsp3) is 0.154. The Hall–Kier alpha value is -3.91. The minimum atomic E-state index is -0.478. The molecule has 5 heteroatoms. The van der Waals surface area contributed by atoms with E-state index >= 15 is 0 Å². The molecule has 3 aromatic carbocycles. The Morgan fingerprint density at radius 2 is 1.90 bits per heavy atom. The molecule has 0 saturated carbocycles. The fourth-order valence-corrected chi connectivity index (χ4v) is 3.20. The summed E-state index contributed by atoms with van der Waals surface area (Å²) in [5, 5.41) is 12.3. The number of nitrogens with zero attached hydrogens (tertiary/aromatic N) is 1. The zero-order chi connectivity index (χ0) is 22.4. The van der Waals surface area contributed by atoms with Crippen molar-refractivity contribution < 1.29 is 13.9 Å². The summed E-state index contributed by atoms with van der Waals surface area (Å²) in [5.74, 6) is -0.164. The number of carbonyl (C=O) groups excluding carboxylic acids is 1. The molecule has 0 bridgehead atoms. The molecule has 0 aliphatic heterocycles. The summed E-state index contributed by atoms with van der Waals surface area (Å²) in [6.45, 7) is 3.95. The summed E-state index contributed by atoms with van der Waals surface area (Å²) >= 11 is 0. The van der Waals surface area contributed by atoms with Crippen molar-refractivity contribution in [1.82, 2.24) is 0 Å². The third kappa shape index (κ3) is 5.58. The van der Waals surface area contributed by atoms with Crippen LogP contribution in [0.25, 0.3) is 6.08 Å². The summed E-state index contributed by atoms with van der Waals surface area (Å²) in [7, 11) is 1.55. The molecule has 3 aromatic rings. The maximum atomic E-state index is 13.5. The lowest BCUT2D eigenvalue weighted by molar-refractivity contribution is -0.112. The van der Waals surface area contributed by atoms with E-state index in [0.29, 0.717) is 23.4 Å². The number of ether oxygens (including phenoxy) is 1. The predicted octanol–water partition coefficient (Wildman–Crippen LogP) is 5.59. The molecule has 3 rings (SSSR count). The first-order valence-corrected chi connectivity index (χ1v) is 9.81. The summed E-state index contributed by atoms with van der Waals surface area (Å²) in [6.07, 6.45) is 2.02. The molecule has 156 valence electrons. The highest BCUT2D eigenvalue weighted by atomic mass is 19.1. The first kappa shape index (κ1) is 21.8. The molecular formula is C26H23FN2O2. The number of nitrogens with one attached hydrogen (secondary N) is 1. The fourth-order valence-electron chi connectivity index (χ4n) is 3.20. The molecule has 0 heterocycles. The number of benzene rings is 3. The minimum Gasteiger partial charge on any atom is -0.496 e. The third-order valence-electron chi connectivity index (χ3n) is 5.04. The lowest BCUT2D eigenvalue weighted by atomic mass is 10.0. The van der Waals surface area contributed by atoms with E-state index in [4.69, 9.17) is 4.74 Å². The number of methoxy groups -OCH3 is 1. The number of nitriles is 1. The predicted molar refractivity (Wildman–Crippen MR) is 120 cm³/mol. The van der Waals surface area contributed by atoms with Crippen molar-refractivity contribution in [3.63, 3.8) is 0 Å². The maximum Gasteiger partial charge on any atom is 0.266 e. The molecular weight excluding hydrogens is 391 g/mol. The Morgan fingerprint density at radius 1 is 1.10 bits per heavy atom. The van der Waals surface area contributed by atoms with Crippen molar-refractivity contribution in [3.8, 4) is 11.8 Å². The first-order valence-electron chi connectivity index (χ1n) is 9.81. The highest BCUT2D eigenvalue weighted by Crippen LogP contribution is 2.25. The SMILES string of the molecule is COc1cc(/C=C(\C#N)C(=O)Nc2ccc(C)c(C)c2)ccc1Cc1cccc(F)c1. The molecule has 31 heavy (non-hydrogen) atoms. The lowest BCUT2D eigenvalue weighted by Gasteiger charge is -2.10. The number of carbonyl (C=O) groups is 1. The normalized spacial score (nSPS) is 11.0. The number of anilines is 1. The second-order valence-corrected chi connectivity index (χ2v) is 7.30. The van der Waals surface area contributed by atoms with E-state index < -0.39 is 5.91 Å². The molecule has 0 atom stereocenters. The van der Waals surface area contributed by atoms with Crippen molar-refractivity contribution in [2.45, 2.75) is 20.3 Å². The largest absolute Gasteiger partial charge is 0.496 e. The summed E-state index contributed by atoms with van der Waals surface area (Å²) in [5.41, 5.74) is 5.16. The van der Waals surface area contributed by atoms with Crippen LogP contribution in [-0.4, -0.2) is 13.0 Å². The van der Waals surface area contributed by atoms with Gasteiger partial charge in [-0.05, 0) is 78.1 Å². The van der Waals surface area contributed by atoms with Gasteiger partial charge in [-0.2, -0.15) is 5.26 Å². The topological polar surface area (TPSA) is 62.1 Å². The van der Waals surface area contributed by atoms with E-state index in [2.05, 4.69) is 5.32 Å². The molecule has 1 N–H and O–H groups in total. The van der Waals surface area contributed by atoms with Gasteiger partial charge in [0.1, 0.15) is 23.2 Å². The van der Waals surface area contributed by atoms with Crippen LogP contribution in [0.15, 0.2) is 66.2 Å². The van der Waals surface area contributed by atoms with Gasteiger partial charge in [0.25, 0.3) is 5.91 Å². The average Bonchev–Trinajstić information content (AvgIpc) is 2.75. The summed E-state index contributed by atoms with van der Waals surface area (Å²) in [4.78, 5) is 12.6. The Labute approximate surface area is 181 Å².